The van der Waals surface area contributed by atoms with E-state index in [0.29, 0.717) is 6.61 Å². The van der Waals surface area contributed by atoms with Crippen LogP contribution in [0.3, 0.4) is 0 Å². The van der Waals surface area contributed by atoms with Gasteiger partial charge in [-0.2, -0.15) is 0 Å². The van der Waals surface area contributed by atoms with Gasteiger partial charge in [0.05, 0.1) is 6.61 Å². The van der Waals surface area contributed by atoms with Crippen LogP contribution in [0.1, 0.15) is 13.8 Å². The van der Waals surface area contributed by atoms with E-state index in [9.17, 15) is 9.13 Å². The third-order valence-electron chi connectivity index (χ3n) is 0.680. The van der Waals surface area contributed by atoms with E-state index in [1.807, 2.05) is 0 Å². The van der Waals surface area contributed by atoms with Crippen LogP contribution in [0.15, 0.2) is 0 Å². The van der Waals surface area contributed by atoms with Gasteiger partial charge in [0.25, 0.3) is 0 Å². The van der Waals surface area contributed by atoms with Crippen LogP contribution in [0.25, 0.3) is 0 Å². The summed E-state index contributed by atoms with van der Waals surface area (Å²) in [7, 11) is -6.28. The van der Waals surface area contributed by atoms with Crippen LogP contribution < -0.4 is 0 Å². The molecule has 0 bridgehead atoms. The first-order valence-corrected chi connectivity index (χ1v) is 6.29. The van der Waals surface area contributed by atoms with Crippen LogP contribution in [0.4, 0.5) is 0 Å². The minimum Gasteiger partial charge on any atom is -0.326 e. The third-order valence-corrected chi connectivity index (χ3v) is 2.04. The summed E-state index contributed by atoms with van der Waals surface area (Å²) in [4.78, 5) is 23.8. The highest BCUT2D eigenvalue weighted by atomic mass is 31.2. The summed E-state index contributed by atoms with van der Waals surface area (Å²) in [6.07, 6.45) is -0.0625. The molecule has 0 fully saturated rings. The first-order valence-electron chi connectivity index (χ1n) is 3.23. The Bertz CT molecular complexity index is 163. The molecule has 3 N–H and O–H groups in total. The summed E-state index contributed by atoms with van der Waals surface area (Å²) in [6, 6.07) is 0. The second-order valence-corrected chi connectivity index (χ2v) is 4.46. The molecule has 0 saturated carbocycles. The average molecular weight is 220 g/mol. The Hall–Kier alpha value is 0.300. The molecular weight excluding hydrogens is 206 g/mol. The Morgan fingerprint density at radius 1 is 1.42 bits per heavy atom. The van der Waals surface area contributed by atoms with Gasteiger partial charge in [-0.15, -0.1) is 0 Å². The van der Waals surface area contributed by atoms with Crippen molar-refractivity contribution in [3.8, 4) is 0 Å². The zero-order valence-electron chi connectivity index (χ0n) is 6.93. The Labute approximate surface area is 71.7 Å². The molecule has 0 aromatic rings. The van der Waals surface area contributed by atoms with Gasteiger partial charge in [-0.05, 0) is 6.92 Å². The Morgan fingerprint density at radius 2 is 1.75 bits per heavy atom. The smallest absolute Gasteiger partial charge is 0.325 e. The second-order valence-electron chi connectivity index (χ2n) is 1.68. The zero-order chi connectivity index (χ0) is 10.2. The second kappa shape index (κ2) is 7.92. The van der Waals surface area contributed by atoms with Crippen molar-refractivity contribution >= 4 is 15.9 Å². The molecule has 1 unspecified atom stereocenters. The van der Waals surface area contributed by atoms with E-state index >= 15 is 0 Å². The van der Waals surface area contributed by atoms with Gasteiger partial charge < -0.3 is 19.2 Å². The molecule has 0 aliphatic rings. The summed E-state index contributed by atoms with van der Waals surface area (Å²) in [6.45, 7) is 3.42. The Morgan fingerprint density at radius 3 is 1.75 bits per heavy atom. The minimum atomic E-state index is -3.65. The molecule has 6 nitrogen and oxygen atoms in total. The van der Waals surface area contributed by atoms with Gasteiger partial charge in [-0.25, -0.2) is 0 Å². The number of rotatable bonds is 3. The van der Waals surface area contributed by atoms with E-state index in [4.69, 9.17) is 14.7 Å². The molecule has 0 aliphatic heterocycles. The Balaban J connectivity index is 0. The topological polar surface area (TPSA) is 104 Å². The summed E-state index contributed by atoms with van der Waals surface area (Å²) in [5.74, 6) is 0. The molecular formula is C4H14O6P2. The van der Waals surface area contributed by atoms with Crippen molar-refractivity contribution in [3.05, 3.63) is 0 Å². The molecule has 0 saturated heterocycles. The number of hydrogen-bond donors (Lipinski definition) is 3. The lowest BCUT2D eigenvalue weighted by atomic mass is 10.9. The van der Waals surface area contributed by atoms with Crippen molar-refractivity contribution in [2.24, 2.45) is 0 Å². The van der Waals surface area contributed by atoms with E-state index in [0.717, 1.165) is 0 Å². The van der Waals surface area contributed by atoms with E-state index < -0.39 is 15.9 Å². The van der Waals surface area contributed by atoms with Crippen molar-refractivity contribution in [3.63, 3.8) is 0 Å². The molecule has 0 aromatic carbocycles. The summed E-state index contributed by atoms with van der Waals surface area (Å²) in [5.41, 5.74) is 0. The van der Waals surface area contributed by atoms with Gasteiger partial charge in [0.2, 0.25) is 0 Å². The molecule has 0 radical (unpaired) electrons. The summed E-state index contributed by atoms with van der Waals surface area (Å²) in [5, 5.41) is 0. The highest BCUT2D eigenvalue weighted by Crippen LogP contribution is 2.32. The average Bonchev–Trinajstić information content (AvgIpc) is 1.87. The molecule has 76 valence electrons. The van der Waals surface area contributed by atoms with E-state index in [2.05, 4.69) is 4.52 Å². The minimum absolute atomic E-state index is 0.0625. The van der Waals surface area contributed by atoms with Crippen LogP contribution in [-0.2, 0) is 13.7 Å². The Kier molecular flexibility index (Phi) is 9.78. The normalized spacial score (nSPS) is 13.1. The van der Waals surface area contributed by atoms with Crippen molar-refractivity contribution in [2.45, 2.75) is 13.8 Å². The summed E-state index contributed by atoms with van der Waals surface area (Å²) >= 11 is 0. The van der Waals surface area contributed by atoms with Crippen LogP contribution in [0.2, 0.25) is 0 Å². The van der Waals surface area contributed by atoms with E-state index in [1.165, 1.54) is 6.92 Å². The number of hydrogen-bond acceptors (Lipinski definition) is 3. The lowest BCUT2D eigenvalue weighted by Gasteiger charge is -1.92. The van der Waals surface area contributed by atoms with Crippen LogP contribution in [0.5, 0.6) is 0 Å². The molecule has 0 spiro atoms. The molecule has 0 heterocycles. The zero-order valence-corrected chi connectivity index (χ0v) is 8.82. The largest absolute Gasteiger partial charge is 0.326 e. The van der Waals surface area contributed by atoms with Gasteiger partial charge in [0, 0.05) is 6.16 Å². The fourth-order valence-corrected chi connectivity index (χ4v) is 0.370. The molecule has 0 aliphatic carbocycles. The van der Waals surface area contributed by atoms with Gasteiger partial charge in [0.15, 0.2) is 0 Å². The van der Waals surface area contributed by atoms with Crippen LogP contribution in [-0.4, -0.2) is 27.4 Å². The highest BCUT2D eigenvalue weighted by molar-refractivity contribution is 7.51. The molecule has 1 atom stereocenters. The molecule has 0 rings (SSSR count). The predicted octanol–water partition coefficient (Wildman–Crippen LogP) is 0.589. The maximum atomic E-state index is 9.69. The lowest BCUT2D eigenvalue weighted by Crippen LogP contribution is -1.76. The van der Waals surface area contributed by atoms with Crippen LogP contribution >= 0.6 is 15.9 Å². The van der Waals surface area contributed by atoms with Gasteiger partial charge >= 0.3 is 15.9 Å². The maximum Gasteiger partial charge on any atom is 0.325 e. The molecule has 8 heteroatoms. The predicted molar refractivity (Wildman–Crippen MR) is 45.4 cm³/mol. The monoisotopic (exact) mass is 220 g/mol. The van der Waals surface area contributed by atoms with Crippen molar-refractivity contribution < 1.29 is 28.3 Å². The molecule has 0 aromatic heterocycles. The van der Waals surface area contributed by atoms with Crippen LogP contribution in [0, 0.1) is 0 Å². The SMILES string of the molecule is CCO[PH](=O)O.CCP(=O)(O)O. The quantitative estimate of drug-likeness (QED) is 0.601. The van der Waals surface area contributed by atoms with Gasteiger partial charge in [0.1, 0.15) is 0 Å². The first kappa shape index (κ1) is 14.8. The van der Waals surface area contributed by atoms with Crippen molar-refractivity contribution in [1.29, 1.82) is 0 Å². The maximum absolute atomic E-state index is 9.69. The standard InChI is InChI=1S/2C2H7O3P/c1-2-6(3,4)5;1-2-5-6(3)4/h2H2,1H3,(H2,3,4,5);6H,2H2,1H3,(H,3,4). The van der Waals surface area contributed by atoms with Gasteiger partial charge in [-0.1, -0.05) is 6.92 Å². The van der Waals surface area contributed by atoms with Crippen molar-refractivity contribution in [1.82, 2.24) is 0 Å². The van der Waals surface area contributed by atoms with E-state index in [-0.39, 0.29) is 6.16 Å². The van der Waals surface area contributed by atoms with Gasteiger partial charge in [-0.3, -0.25) is 9.13 Å². The fourth-order valence-electron chi connectivity index (χ4n) is 0.123. The van der Waals surface area contributed by atoms with E-state index in [1.54, 1.807) is 6.92 Å². The summed E-state index contributed by atoms with van der Waals surface area (Å²) < 4.78 is 23.4. The fraction of sp³-hybridized carbons (Fsp3) is 1.00. The first-order chi connectivity index (χ1) is 5.33. The third kappa shape index (κ3) is 22.4. The molecule has 12 heavy (non-hydrogen) atoms. The van der Waals surface area contributed by atoms with Crippen molar-refractivity contribution in [2.75, 3.05) is 12.8 Å². The lowest BCUT2D eigenvalue weighted by molar-refractivity contribution is 0.297. The molecule has 0 amide bonds. The highest BCUT2D eigenvalue weighted by Gasteiger charge is 2.05.